The maximum atomic E-state index is 12.9. The Labute approximate surface area is 185 Å². The summed E-state index contributed by atoms with van der Waals surface area (Å²) in [5, 5.41) is 0. The fraction of sp³-hybridized carbons (Fsp3) is 0.520. The van der Waals surface area contributed by atoms with Crippen molar-refractivity contribution in [3.63, 3.8) is 0 Å². The van der Waals surface area contributed by atoms with E-state index >= 15 is 0 Å². The van der Waals surface area contributed by atoms with Crippen LogP contribution in [0.25, 0.3) is 0 Å². The molecule has 4 rings (SSSR count). The number of para-hydroxylation sites is 1. The van der Waals surface area contributed by atoms with Gasteiger partial charge in [-0.1, -0.05) is 31.2 Å². The molecule has 0 saturated carbocycles. The van der Waals surface area contributed by atoms with Crippen molar-refractivity contribution >= 4 is 11.6 Å². The number of aromatic nitrogens is 1. The van der Waals surface area contributed by atoms with Crippen LogP contribution in [0.1, 0.15) is 31.9 Å². The molecule has 0 bridgehead atoms. The standard InChI is InChI=1S/C25H34N4O2/c1-2-24(30)29(23-9-4-3-5-10-23)21-25(11-18-31-19-12-25)28-16-14-27(15-17-28)20-22-8-6-7-13-26-22/h3-10,13H,2,11-12,14-21H2,1H3. The van der Waals surface area contributed by atoms with E-state index in [0.29, 0.717) is 6.42 Å². The van der Waals surface area contributed by atoms with Crippen LogP contribution in [0.5, 0.6) is 0 Å². The summed E-state index contributed by atoms with van der Waals surface area (Å²) in [6, 6.07) is 16.2. The Morgan fingerprint density at radius 3 is 2.39 bits per heavy atom. The van der Waals surface area contributed by atoms with Crippen molar-refractivity contribution in [2.24, 2.45) is 0 Å². The van der Waals surface area contributed by atoms with Gasteiger partial charge in [-0.3, -0.25) is 19.6 Å². The van der Waals surface area contributed by atoms with Crippen molar-refractivity contribution < 1.29 is 9.53 Å². The van der Waals surface area contributed by atoms with E-state index in [9.17, 15) is 4.79 Å². The molecule has 2 aliphatic rings. The van der Waals surface area contributed by atoms with E-state index in [1.165, 1.54) is 0 Å². The number of pyridine rings is 1. The van der Waals surface area contributed by atoms with Crippen molar-refractivity contribution in [2.75, 3.05) is 50.8 Å². The van der Waals surface area contributed by atoms with Gasteiger partial charge in [0.05, 0.1) is 5.69 Å². The molecular formula is C25H34N4O2. The van der Waals surface area contributed by atoms with Gasteiger partial charge in [0.2, 0.25) is 5.91 Å². The van der Waals surface area contributed by atoms with Gasteiger partial charge in [-0.25, -0.2) is 0 Å². The lowest BCUT2D eigenvalue weighted by Gasteiger charge is -2.51. The smallest absolute Gasteiger partial charge is 0.226 e. The van der Waals surface area contributed by atoms with Crippen LogP contribution in [0, 0.1) is 0 Å². The quantitative estimate of drug-likeness (QED) is 0.686. The highest BCUT2D eigenvalue weighted by molar-refractivity contribution is 5.93. The van der Waals surface area contributed by atoms with E-state index in [0.717, 1.165) is 76.7 Å². The number of rotatable bonds is 7. The lowest BCUT2D eigenvalue weighted by atomic mass is 9.86. The number of carbonyl (C=O) groups excluding carboxylic acids is 1. The van der Waals surface area contributed by atoms with Gasteiger partial charge in [0, 0.05) is 76.3 Å². The van der Waals surface area contributed by atoms with E-state index in [-0.39, 0.29) is 11.4 Å². The number of anilines is 1. The van der Waals surface area contributed by atoms with Crippen LogP contribution in [-0.4, -0.2) is 72.2 Å². The predicted molar refractivity (Wildman–Crippen MR) is 123 cm³/mol. The number of carbonyl (C=O) groups is 1. The van der Waals surface area contributed by atoms with Crippen LogP contribution in [-0.2, 0) is 16.1 Å². The zero-order valence-corrected chi connectivity index (χ0v) is 18.6. The molecule has 1 amide bonds. The maximum Gasteiger partial charge on any atom is 0.226 e. The minimum atomic E-state index is -0.0317. The normalized spacial score (nSPS) is 19.8. The minimum absolute atomic E-state index is 0.0317. The molecular weight excluding hydrogens is 388 g/mol. The van der Waals surface area contributed by atoms with Gasteiger partial charge in [0.1, 0.15) is 0 Å². The van der Waals surface area contributed by atoms with Crippen molar-refractivity contribution in [3.8, 4) is 0 Å². The molecule has 0 radical (unpaired) electrons. The molecule has 166 valence electrons. The summed E-state index contributed by atoms with van der Waals surface area (Å²) in [5.41, 5.74) is 2.09. The Balaban J connectivity index is 1.48. The Morgan fingerprint density at radius 1 is 1.03 bits per heavy atom. The zero-order valence-electron chi connectivity index (χ0n) is 18.6. The van der Waals surface area contributed by atoms with Crippen LogP contribution in [0.4, 0.5) is 5.69 Å². The van der Waals surface area contributed by atoms with Crippen LogP contribution in [0.3, 0.4) is 0 Å². The second-order valence-electron chi connectivity index (χ2n) is 8.59. The molecule has 0 atom stereocenters. The Hall–Kier alpha value is -2.28. The summed E-state index contributed by atoms with van der Waals surface area (Å²) in [7, 11) is 0. The zero-order chi connectivity index (χ0) is 21.5. The van der Waals surface area contributed by atoms with Crippen molar-refractivity contribution in [2.45, 2.75) is 38.3 Å². The summed E-state index contributed by atoms with van der Waals surface area (Å²) in [4.78, 5) is 24.5. The van der Waals surface area contributed by atoms with E-state index in [4.69, 9.17) is 4.74 Å². The highest BCUT2D eigenvalue weighted by Crippen LogP contribution is 2.32. The number of benzene rings is 1. The van der Waals surface area contributed by atoms with E-state index in [1.54, 1.807) is 0 Å². The minimum Gasteiger partial charge on any atom is -0.381 e. The molecule has 2 aromatic rings. The lowest BCUT2D eigenvalue weighted by Crippen LogP contribution is -2.63. The van der Waals surface area contributed by atoms with Gasteiger partial charge < -0.3 is 9.64 Å². The molecule has 0 spiro atoms. The van der Waals surface area contributed by atoms with Crippen molar-refractivity contribution in [1.82, 2.24) is 14.8 Å². The molecule has 6 heteroatoms. The Kier molecular flexibility index (Phi) is 7.33. The number of hydrogen-bond donors (Lipinski definition) is 0. The topological polar surface area (TPSA) is 48.9 Å². The monoisotopic (exact) mass is 422 g/mol. The molecule has 0 aliphatic carbocycles. The average Bonchev–Trinajstić information content (AvgIpc) is 2.84. The molecule has 1 aromatic carbocycles. The van der Waals surface area contributed by atoms with Gasteiger partial charge >= 0.3 is 0 Å². The summed E-state index contributed by atoms with van der Waals surface area (Å²) >= 11 is 0. The fourth-order valence-corrected chi connectivity index (χ4v) is 4.84. The van der Waals surface area contributed by atoms with Crippen LogP contribution in [0.2, 0.25) is 0 Å². The molecule has 2 saturated heterocycles. The van der Waals surface area contributed by atoms with Crippen molar-refractivity contribution in [3.05, 3.63) is 60.4 Å². The van der Waals surface area contributed by atoms with Gasteiger partial charge in [-0.2, -0.15) is 0 Å². The highest BCUT2D eigenvalue weighted by atomic mass is 16.5. The summed E-state index contributed by atoms with van der Waals surface area (Å²) in [6.07, 6.45) is 4.31. The van der Waals surface area contributed by atoms with Gasteiger partial charge in [0.15, 0.2) is 0 Å². The molecule has 2 aliphatic heterocycles. The largest absolute Gasteiger partial charge is 0.381 e. The molecule has 6 nitrogen and oxygen atoms in total. The molecule has 0 unspecified atom stereocenters. The first-order chi connectivity index (χ1) is 15.2. The second-order valence-corrected chi connectivity index (χ2v) is 8.59. The summed E-state index contributed by atoms with van der Waals surface area (Å²) in [6.45, 7) is 9.16. The molecule has 31 heavy (non-hydrogen) atoms. The van der Waals surface area contributed by atoms with Crippen molar-refractivity contribution in [1.29, 1.82) is 0 Å². The maximum absolute atomic E-state index is 12.9. The van der Waals surface area contributed by atoms with E-state index in [1.807, 2.05) is 54.4 Å². The number of nitrogens with zero attached hydrogens (tertiary/aromatic N) is 4. The average molecular weight is 423 g/mol. The first kappa shape index (κ1) is 21.9. The Morgan fingerprint density at radius 2 is 1.74 bits per heavy atom. The third kappa shape index (κ3) is 5.32. The number of ether oxygens (including phenoxy) is 1. The molecule has 1 aromatic heterocycles. The highest BCUT2D eigenvalue weighted by Gasteiger charge is 2.42. The number of hydrogen-bond acceptors (Lipinski definition) is 5. The third-order valence-corrected chi connectivity index (χ3v) is 6.70. The van der Waals surface area contributed by atoms with E-state index < -0.39 is 0 Å². The van der Waals surface area contributed by atoms with Crippen LogP contribution < -0.4 is 4.90 Å². The fourth-order valence-electron chi connectivity index (χ4n) is 4.84. The van der Waals surface area contributed by atoms with Gasteiger partial charge in [-0.15, -0.1) is 0 Å². The predicted octanol–water partition coefficient (Wildman–Crippen LogP) is 3.19. The van der Waals surface area contributed by atoms with Gasteiger partial charge in [0.25, 0.3) is 0 Å². The summed E-state index contributed by atoms with van der Waals surface area (Å²) in [5.74, 6) is 0.186. The molecule has 0 N–H and O–H groups in total. The first-order valence-corrected chi connectivity index (χ1v) is 11.5. The van der Waals surface area contributed by atoms with Gasteiger partial charge in [-0.05, 0) is 37.1 Å². The summed E-state index contributed by atoms with van der Waals surface area (Å²) < 4.78 is 5.74. The van der Waals surface area contributed by atoms with Crippen LogP contribution >= 0.6 is 0 Å². The second kappa shape index (κ2) is 10.4. The molecule has 3 heterocycles. The first-order valence-electron chi connectivity index (χ1n) is 11.5. The number of piperazine rings is 1. The Bertz CT molecular complexity index is 816. The SMILES string of the molecule is CCC(=O)N(CC1(N2CCN(Cc3ccccn3)CC2)CCOCC1)c1ccccc1. The van der Waals surface area contributed by atoms with E-state index in [2.05, 4.69) is 26.9 Å². The third-order valence-electron chi connectivity index (χ3n) is 6.70. The number of amides is 1. The van der Waals surface area contributed by atoms with Crippen LogP contribution in [0.15, 0.2) is 54.7 Å². The lowest BCUT2D eigenvalue weighted by molar-refractivity contribution is -0.119. The molecule has 2 fully saturated rings.